The van der Waals surface area contributed by atoms with Crippen LogP contribution in [0.15, 0.2) is 205 Å². The smallest absolute Gasteiger partial charge is 0.255 e. The molecule has 10 rings (SSSR count). The van der Waals surface area contributed by atoms with Gasteiger partial charge >= 0.3 is 0 Å². The van der Waals surface area contributed by atoms with Crippen molar-refractivity contribution >= 4 is 44.9 Å². The molecule has 2 aromatic heterocycles. The molecule has 266 valence electrons. The second kappa shape index (κ2) is 14.0. The minimum atomic E-state index is 0.747. The molecule has 0 aliphatic heterocycles. The topological polar surface area (TPSA) is 35.3 Å². The number of aryl methyl sites for hydroxylation is 1. The Labute approximate surface area is 325 Å². The summed E-state index contributed by atoms with van der Waals surface area (Å²) in [7, 11) is 0. The molecule has 0 spiro atoms. The molecular weight excluding hydrogens is 685 g/mol. The third-order valence-electron chi connectivity index (χ3n) is 10.4. The molecule has 0 aliphatic rings. The van der Waals surface area contributed by atoms with Gasteiger partial charge in [0.25, 0.3) is 6.33 Å². The van der Waals surface area contributed by atoms with E-state index in [9.17, 15) is 0 Å². The third-order valence-corrected chi connectivity index (χ3v) is 10.4. The quantitative estimate of drug-likeness (QED) is 0.0874. The Bertz CT molecular complexity index is 2990. The number of nitrogens with zero attached hydrogens (tertiary/aromatic N) is 4. The summed E-state index contributed by atoms with van der Waals surface area (Å²) < 4.78 is 13.4. The highest BCUT2D eigenvalue weighted by Gasteiger charge is 2.25. The number of aromatic nitrogens is 3. The number of para-hydroxylation sites is 4. The van der Waals surface area contributed by atoms with Crippen molar-refractivity contribution in [1.82, 2.24) is 9.13 Å². The van der Waals surface area contributed by atoms with Gasteiger partial charge in [-0.3, -0.25) is 4.57 Å². The van der Waals surface area contributed by atoms with Crippen LogP contribution in [0.4, 0.5) is 5.69 Å². The summed E-state index contributed by atoms with van der Waals surface area (Å²) in [5, 5.41) is 2.31. The zero-order chi connectivity index (χ0) is 37.4. The molecule has 0 bridgehead atoms. The fourth-order valence-corrected chi connectivity index (χ4v) is 7.76. The molecule has 0 amide bonds. The first-order valence-corrected chi connectivity index (χ1v) is 18.9. The van der Waals surface area contributed by atoms with Crippen LogP contribution in [-0.2, 0) is 0 Å². The van der Waals surface area contributed by atoms with Crippen molar-refractivity contribution in [2.75, 3.05) is 0 Å². The normalized spacial score (nSPS) is 11.6. The Kier molecular flexibility index (Phi) is 8.30. The van der Waals surface area contributed by atoms with Crippen LogP contribution in [0, 0.1) is 6.92 Å². The molecule has 5 nitrogen and oxygen atoms in total. The summed E-state index contributed by atoms with van der Waals surface area (Å²) in [6.07, 6.45) is 4.11. The van der Waals surface area contributed by atoms with Gasteiger partial charge in [-0.05, 0) is 72.6 Å². The van der Waals surface area contributed by atoms with Gasteiger partial charge in [0.15, 0.2) is 11.0 Å². The number of rotatable bonds is 8. The molecule has 0 unspecified atom stereocenters. The van der Waals surface area contributed by atoms with Crippen molar-refractivity contribution in [2.24, 2.45) is 4.99 Å². The number of hydrogen-bond donors (Lipinski definition) is 0. The van der Waals surface area contributed by atoms with Crippen LogP contribution in [-0.4, -0.2) is 15.5 Å². The molecule has 8 aromatic carbocycles. The summed E-state index contributed by atoms with van der Waals surface area (Å²) in [6.45, 7) is 2.09. The molecule has 0 saturated carbocycles. The van der Waals surface area contributed by atoms with Gasteiger partial charge in [0.1, 0.15) is 29.2 Å². The summed E-state index contributed by atoms with van der Waals surface area (Å²) in [4.78, 5) is 4.84. The lowest BCUT2D eigenvalue weighted by atomic mass is 9.95. The highest BCUT2D eigenvalue weighted by atomic mass is 16.5. The number of fused-ring (bicyclic) bond motifs is 4. The number of aliphatic imine (C=N–C) groups is 1. The van der Waals surface area contributed by atoms with Crippen molar-refractivity contribution < 1.29 is 9.30 Å². The zero-order valence-corrected chi connectivity index (χ0v) is 30.8. The lowest BCUT2D eigenvalue weighted by Crippen LogP contribution is -2.30. The number of ether oxygens (including phenoxy) is 1. The maximum absolute atomic E-state index is 6.66. The predicted octanol–water partition coefficient (Wildman–Crippen LogP) is 12.7. The van der Waals surface area contributed by atoms with Crippen LogP contribution in [0.2, 0.25) is 0 Å². The number of benzene rings is 8. The van der Waals surface area contributed by atoms with Gasteiger partial charge in [0.05, 0.1) is 16.7 Å². The molecule has 0 radical (unpaired) electrons. The van der Waals surface area contributed by atoms with Crippen molar-refractivity contribution in [3.63, 3.8) is 0 Å². The van der Waals surface area contributed by atoms with E-state index < -0.39 is 0 Å². The highest BCUT2D eigenvalue weighted by Crippen LogP contribution is 2.36. The van der Waals surface area contributed by atoms with Crippen LogP contribution in [0.3, 0.4) is 0 Å². The van der Waals surface area contributed by atoms with Gasteiger partial charge in [-0.1, -0.05) is 133 Å². The van der Waals surface area contributed by atoms with E-state index >= 15 is 0 Å². The second-order valence-electron chi connectivity index (χ2n) is 14.0. The summed E-state index contributed by atoms with van der Waals surface area (Å²) >= 11 is 0. The first-order valence-electron chi connectivity index (χ1n) is 18.9. The maximum Gasteiger partial charge on any atom is 0.255 e. The van der Waals surface area contributed by atoms with Crippen molar-refractivity contribution in [3.8, 4) is 45.1 Å². The van der Waals surface area contributed by atoms with Crippen LogP contribution in [0.1, 0.15) is 5.56 Å². The van der Waals surface area contributed by atoms with E-state index in [1.807, 2.05) is 30.6 Å². The minimum absolute atomic E-state index is 0.747. The molecule has 5 heteroatoms. The molecule has 2 heterocycles. The number of imidazole rings is 1. The van der Waals surface area contributed by atoms with E-state index in [0.29, 0.717) is 0 Å². The Hall–Kier alpha value is -7.50. The molecule has 0 fully saturated rings. The molecule has 0 N–H and O–H groups in total. The summed E-state index contributed by atoms with van der Waals surface area (Å²) in [5.74, 6) is 1.50. The van der Waals surface area contributed by atoms with Crippen LogP contribution in [0.25, 0.3) is 66.5 Å². The Morgan fingerprint density at radius 1 is 0.518 bits per heavy atom. The van der Waals surface area contributed by atoms with Crippen molar-refractivity contribution in [2.45, 2.75) is 6.92 Å². The SMILES string of the molecule is Cc1ccc(N=Cn2c3ccccc3c3ccc(Oc4cccc(-n5c[n+](-c6c(-c7ccccc7)cccc6-c6ccccc6)c6ccccc65)c4)cc32)cc1. The van der Waals surface area contributed by atoms with Gasteiger partial charge in [-0.15, -0.1) is 0 Å². The van der Waals surface area contributed by atoms with Gasteiger partial charge in [0, 0.05) is 34.0 Å². The third kappa shape index (κ3) is 6.02. The maximum atomic E-state index is 6.66. The molecule has 0 saturated heterocycles. The van der Waals surface area contributed by atoms with Gasteiger partial charge < -0.3 is 4.74 Å². The average molecular weight is 722 g/mol. The minimum Gasteiger partial charge on any atom is -0.457 e. The molecule has 0 atom stereocenters. The largest absolute Gasteiger partial charge is 0.457 e. The fraction of sp³-hybridized carbons (Fsp3) is 0.0196. The standard InChI is InChI=1S/C51H37N4O/c1-36-26-28-39(29-27-36)52-34-53-47-23-9-8-20-45(47)46-31-30-42(33-50(46)53)56-41-19-12-18-40(32-41)54-35-55(49-25-11-10-24-48(49)54)51-43(37-14-4-2-5-15-37)21-13-22-44(51)38-16-6-3-7-17-38/h2-35H,1H3/q+1. The molecular formula is C51H37N4O+. The van der Waals surface area contributed by atoms with E-state index in [0.717, 1.165) is 78.3 Å². The monoisotopic (exact) mass is 721 g/mol. The first-order chi connectivity index (χ1) is 27.7. The Morgan fingerprint density at radius 2 is 1.14 bits per heavy atom. The lowest BCUT2D eigenvalue weighted by Gasteiger charge is -2.13. The fourth-order valence-electron chi connectivity index (χ4n) is 7.76. The van der Waals surface area contributed by atoms with Crippen molar-refractivity contribution in [3.05, 3.63) is 206 Å². The van der Waals surface area contributed by atoms with Crippen molar-refractivity contribution in [1.29, 1.82) is 0 Å². The first kappa shape index (κ1) is 33.1. The summed E-state index contributed by atoms with van der Waals surface area (Å²) in [5.41, 5.74) is 13.2. The zero-order valence-electron chi connectivity index (χ0n) is 30.8. The van der Waals surface area contributed by atoms with E-state index in [4.69, 9.17) is 9.73 Å². The Morgan fingerprint density at radius 3 is 1.89 bits per heavy atom. The van der Waals surface area contributed by atoms with E-state index in [-0.39, 0.29) is 0 Å². The second-order valence-corrected chi connectivity index (χ2v) is 14.0. The van der Waals surface area contributed by atoms with E-state index in [2.05, 4.69) is 197 Å². The summed E-state index contributed by atoms with van der Waals surface area (Å²) in [6, 6.07) is 67.7. The van der Waals surface area contributed by atoms with E-state index in [1.165, 1.54) is 10.9 Å². The highest BCUT2D eigenvalue weighted by molar-refractivity contribution is 6.11. The molecule has 10 aromatic rings. The average Bonchev–Trinajstić information content (AvgIpc) is 3.79. The predicted molar refractivity (Wildman–Crippen MR) is 230 cm³/mol. The van der Waals surface area contributed by atoms with Crippen LogP contribution in [0.5, 0.6) is 11.5 Å². The van der Waals surface area contributed by atoms with Crippen LogP contribution < -0.4 is 9.30 Å². The molecule has 0 aliphatic carbocycles. The number of hydrogen-bond acceptors (Lipinski definition) is 2. The van der Waals surface area contributed by atoms with Crippen LogP contribution >= 0.6 is 0 Å². The van der Waals surface area contributed by atoms with Gasteiger partial charge in [0.2, 0.25) is 0 Å². The lowest BCUT2D eigenvalue weighted by molar-refractivity contribution is -0.566. The molecule has 56 heavy (non-hydrogen) atoms. The van der Waals surface area contributed by atoms with Gasteiger partial charge in [-0.25, -0.2) is 4.99 Å². The van der Waals surface area contributed by atoms with E-state index in [1.54, 1.807) is 0 Å². The Balaban J connectivity index is 1.06. The van der Waals surface area contributed by atoms with Gasteiger partial charge in [-0.2, -0.15) is 9.13 Å².